The number of carbonyl (C=O) groups is 1. The fraction of sp³-hybridized carbons (Fsp3) is 0.231. The molecule has 2 aromatic heterocycles. The summed E-state index contributed by atoms with van der Waals surface area (Å²) in [5.41, 5.74) is 1.71. The number of rotatable bonds is 8. The average Bonchev–Trinajstić information content (AvgIpc) is 3.26. The molecule has 0 saturated carbocycles. The van der Waals surface area contributed by atoms with Gasteiger partial charge in [0.15, 0.2) is 0 Å². The fourth-order valence-electron chi connectivity index (χ4n) is 4.05. The Morgan fingerprint density at radius 1 is 1.17 bits per heavy atom. The number of fused-ring (bicyclic) bond motifs is 1. The summed E-state index contributed by atoms with van der Waals surface area (Å²) in [6, 6.07) is 14.7. The normalized spacial score (nSPS) is 12.5. The molecule has 0 aliphatic heterocycles. The van der Waals surface area contributed by atoms with Crippen LogP contribution in [0.1, 0.15) is 34.7 Å². The molecule has 1 atom stereocenters. The van der Waals surface area contributed by atoms with E-state index >= 15 is 0 Å². The Morgan fingerprint density at radius 3 is 2.71 bits per heavy atom. The first kappa shape index (κ1) is 24.6. The van der Waals surface area contributed by atoms with Gasteiger partial charge in [0.05, 0.1) is 17.7 Å². The Hall–Kier alpha value is -3.52. The lowest BCUT2D eigenvalue weighted by molar-refractivity contribution is -0.137. The molecule has 0 aliphatic carbocycles. The molecule has 5 nitrogen and oxygen atoms in total. The largest absolute Gasteiger partial charge is 0.497 e. The van der Waals surface area contributed by atoms with Crippen LogP contribution in [0.2, 0.25) is 5.02 Å². The number of halogens is 4. The van der Waals surface area contributed by atoms with E-state index in [1.807, 2.05) is 24.3 Å². The Labute approximate surface area is 205 Å². The van der Waals surface area contributed by atoms with Crippen molar-refractivity contribution in [2.45, 2.75) is 24.9 Å². The fourth-order valence-corrected chi connectivity index (χ4v) is 4.28. The van der Waals surface area contributed by atoms with E-state index in [0.29, 0.717) is 29.8 Å². The van der Waals surface area contributed by atoms with Crippen LogP contribution in [0.15, 0.2) is 67.0 Å². The molecule has 4 rings (SSSR count). The maximum Gasteiger partial charge on any atom is 0.417 e. The molecule has 9 heteroatoms. The summed E-state index contributed by atoms with van der Waals surface area (Å²) in [5.74, 6) is -0.334. The Kier molecular flexibility index (Phi) is 7.31. The number of H-pyrrole nitrogens is 1. The third-order valence-corrected chi connectivity index (χ3v) is 6.14. The van der Waals surface area contributed by atoms with Gasteiger partial charge in [-0.05, 0) is 53.6 Å². The van der Waals surface area contributed by atoms with Crippen LogP contribution in [-0.4, -0.2) is 29.5 Å². The van der Waals surface area contributed by atoms with Crippen LogP contribution >= 0.6 is 11.6 Å². The highest BCUT2D eigenvalue weighted by Gasteiger charge is 2.34. The van der Waals surface area contributed by atoms with Gasteiger partial charge in [-0.25, -0.2) is 0 Å². The summed E-state index contributed by atoms with van der Waals surface area (Å²) >= 11 is 5.85. The van der Waals surface area contributed by atoms with Crippen LogP contribution < -0.4 is 10.1 Å². The van der Waals surface area contributed by atoms with Gasteiger partial charge < -0.3 is 15.0 Å². The molecular weight excluding hydrogens is 479 g/mol. The number of benzene rings is 2. The topological polar surface area (TPSA) is 67.0 Å². The Morgan fingerprint density at radius 2 is 2.00 bits per heavy atom. The lowest BCUT2D eigenvalue weighted by atomic mass is 9.87. The SMILES string of the molecule is COc1ccc2[nH]cc(C(CC(=O)NCCc3ccccn3)c3ccc(Cl)c(C(F)(F)F)c3)c2c1. The summed E-state index contributed by atoms with van der Waals surface area (Å²) in [6.45, 7) is 0.360. The van der Waals surface area contributed by atoms with Crippen LogP contribution in [-0.2, 0) is 17.4 Å². The van der Waals surface area contributed by atoms with Crippen LogP contribution in [0.25, 0.3) is 10.9 Å². The molecule has 182 valence electrons. The van der Waals surface area contributed by atoms with Crippen molar-refractivity contribution in [1.29, 1.82) is 0 Å². The molecule has 4 aromatic rings. The van der Waals surface area contributed by atoms with E-state index in [1.54, 1.807) is 24.5 Å². The second-order valence-electron chi connectivity index (χ2n) is 8.07. The molecule has 0 radical (unpaired) electrons. The molecule has 1 amide bonds. The molecule has 0 fully saturated rings. The van der Waals surface area contributed by atoms with Crippen molar-refractivity contribution in [3.63, 3.8) is 0 Å². The van der Waals surface area contributed by atoms with Crippen molar-refractivity contribution in [1.82, 2.24) is 15.3 Å². The highest BCUT2D eigenvalue weighted by molar-refractivity contribution is 6.31. The highest BCUT2D eigenvalue weighted by Crippen LogP contribution is 2.40. The van der Waals surface area contributed by atoms with Crippen molar-refractivity contribution in [3.05, 3.63) is 94.4 Å². The maximum absolute atomic E-state index is 13.6. The van der Waals surface area contributed by atoms with E-state index < -0.39 is 17.7 Å². The Bertz CT molecular complexity index is 1320. The summed E-state index contributed by atoms with van der Waals surface area (Å²) in [6.07, 6.45) is -0.729. The molecule has 0 bridgehead atoms. The van der Waals surface area contributed by atoms with Gasteiger partial charge in [0.25, 0.3) is 0 Å². The minimum absolute atomic E-state index is 0.0503. The van der Waals surface area contributed by atoms with Crippen molar-refractivity contribution in [2.75, 3.05) is 13.7 Å². The summed E-state index contributed by atoms with van der Waals surface area (Å²) in [7, 11) is 1.54. The van der Waals surface area contributed by atoms with Gasteiger partial charge in [0.1, 0.15) is 5.75 Å². The highest BCUT2D eigenvalue weighted by atomic mass is 35.5. The van der Waals surface area contributed by atoms with Gasteiger partial charge in [-0.1, -0.05) is 23.7 Å². The molecule has 0 aliphatic rings. The van der Waals surface area contributed by atoms with Crippen LogP contribution in [0.4, 0.5) is 13.2 Å². The number of nitrogens with zero attached hydrogens (tertiary/aromatic N) is 1. The summed E-state index contributed by atoms with van der Waals surface area (Å²) in [5, 5.41) is 3.23. The monoisotopic (exact) mass is 501 g/mol. The Balaban J connectivity index is 1.66. The van der Waals surface area contributed by atoms with E-state index in [4.69, 9.17) is 16.3 Å². The van der Waals surface area contributed by atoms with E-state index in [9.17, 15) is 18.0 Å². The zero-order valence-corrected chi connectivity index (χ0v) is 19.6. The number of carbonyl (C=O) groups excluding carboxylic acids is 1. The third-order valence-electron chi connectivity index (χ3n) is 5.81. The molecule has 2 heterocycles. The predicted octanol–water partition coefficient (Wildman–Crippen LogP) is 6.12. The molecule has 1 unspecified atom stereocenters. The minimum atomic E-state index is -4.62. The van der Waals surface area contributed by atoms with E-state index in [-0.39, 0.29) is 17.4 Å². The number of aromatic nitrogens is 2. The summed E-state index contributed by atoms with van der Waals surface area (Å²) in [4.78, 5) is 20.3. The second kappa shape index (κ2) is 10.4. The number of ether oxygens (including phenoxy) is 1. The first-order valence-electron chi connectivity index (χ1n) is 10.9. The molecule has 0 spiro atoms. The number of amides is 1. The number of alkyl halides is 3. The smallest absolute Gasteiger partial charge is 0.417 e. The van der Waals surface area contributed by atoms with E-state index in [2.05, 4.69) is 15.3 Å². The number of methoxy groups -OCH3 is 1. The van der Waals surface area contributed by atoms with Crippen molar-refractivity contribution >= 4 is 28.4 Å². The quantitative estimate of drug-likeness (QED) is 0.305. The molecule has 0 saturated heterocycles. The van der Waals surface area contributed by atoms with E-state index in [0.717, 1.165) is 22.7 Å². The standard InChI is InChI=1S/C26H23ClF3N3O2/c1-35-18-6-8-24-20(13-18)21(15-33-24)19(16-5-7-23(27)22(12-16)26(28,29)30)14-25(34)32-11-9-17-4-2-3-10-31-17/h2-8,10,12-13,15,19,33H,9,11,14H2,1H3,(H,32,34). The lowest BCUT2D eigenvalue weighted by Crippen LogP contribution is -2.27. The minimum Gasteiger partial charge on any atom is -0.497 e. The predicted molar refractivity (Wildman–Crippen MR) is 129 cm³/mol. The zero-order valence-electron chi connectivity index (χ0n) is 18.8. The molecule has 2 N–H and O–H groups in total. The van der Waals surface area contributed by atoms with Gasteiger partial charge in [-0.15, -0.1) is 0 Å². The van der Waals surface area contributed by atoms with Gasteiger partial charge in [0, 0.05) is 54.3 Å². The second-order valence-corrected chi connectivity index (χ2v) is 8.48. The van der Waals surface area contributed by atoms with Crippen molar-refractivity contribution in [3.8, 4) is 5.75 Å². The number of aromatic amines is 1. The zero-order chi connectivity index (χ0) is 25.0. The molecule has 2 aromatic carbocycles. The van der Waals surface area contributed by atoms with Gasteiger partial charge in [-0.2, -0.15) is 13.2 Å². The van der Waals surface area contributed by atoms with Crippen LogP contribution in [0, 0.1) is 0 Å². The number of pyridine rings is 1. The van der Waals surface area contributed by atoms with Crippen molar-refractivity contribution in [2.24, 2.45) is 0 Å². The van der Waals surface area contributed by atoms with Gasteiger partial charge in [-0.3, -0.25) is 9.78 Å². The molecule has 35 heavy (non-hydrogen) atoms. The number of hydrogen-bond donors (Lipinski definition) is 2. The lowest BCUT2D eigenvalue weighted by Gasteiger charge is -2.19. The number of nitrogens with one attached hydrogen (secondary N) is 2. The first-order valence-corrected chi connectivity index (χ1v) is 11.3. The van der Waals surface area contributed by atoms with Gasteiger partial charge in [0.2, 0.25) is 5.91 Å². The third kappa shape index (κ3) is 5.77. The summed E-state index contributed by atoms with van der Waals surface area (Å²) < 4.78 is 46.1. The van der Waals surface area contributed by atoms with Gasteiger partial charge >= 0.3 is 6.18 Å². The average molecular weight is 502 g/mol. The maximum atomic E-state index is 13.6. The van der Waals surface area contributed by atoms with Crippen LogP contribution in [0.3, 0.4) is 0 Å². The van der Waals surface area contributed by atoms with E-state index in [1.165, 1.54) is 19.2 Å². The molecular formula is C26H23ClF3N3O2. The van der Waals surface area contributed by atoms with Crippen LogP contribution in [0.5, 0.6) is 5.75 Å². The first-order chi connectivity index (χ1) is 16.8. The van der Waals surface area contributed by atoms with Crippen molar-refractivity contribution < 1.29 is 22.7 Å². The number of hydrogen-bond acceptors (Lipinski definition) is 3.